The van der Waals surface area contributed by atoms with Crippen molar-refractivity contribution in [2.75, 3.05) is 20.5 Å². The first-order valence-electron chi connectivity index (χ1n) is 5.39. The molecule has 3 atom stereocenters. The highest BCUT2D eigenvalue weighted by Crippen LogP contribution is 2.27. The molecular weight excluding hydrogens is 194 g/mol. The van der Waals surface area contributed by atoms with Crippen LogP contribution in [0.5, 0.6) is 0 Å². The van der Waals surface area contributed by atoms with Crippen LogP contribution in [0.25, 0.3) is 0 Å². The van der Waals surface area contributed by atoms with E-state index in [1.54, 1.807) is 7.11 Å². The molecule has 1 aliphatic heterocycles. The summed E-state index contributed by atoms with van der Waals surface area (Å²) in [6.45, 7) is 2.96. The number of methoxy groups -OCH3 is 1. The van der Waals surface area contributed by atoms with Crippen LogP contribution in [0.2, 0.25) is 0 Å². The monoisotopic (exact) mass is 213 g/mol. The highest BCUT2D eigenvalue weighted by molar-refractivity contribution is 4.87. The minimum absolute atomic E-state index is 0.0817. The Morgan fingerprint density at radius 3 is 2.73 bits per heavy atom. The third-order valence-electron chi connectivity index (χ3n) is 2.63. The molecule has 0 spiro atoms. The van der Waals surface area contributed by atoms with E-state index < -0.39 is 0 Å². The lowest BCUT2D eigenvalue weighted by Crippen LogP contribution is -2.06. The van der Waals surface area contributed by atoms with Crippen molar-refractivity contribution in [2.45, 2.75) is 38.4 Å². The minimum atomic E-state index is 0.0817. The Labute approximate surface area is 91.1 Å². The van der Waals surface area contributed by atoms with E-state index in [0.717, 1.165) is 19.3 Å². The van der Waals surface area contributed by atoms with Crippen molar-refractivity contribution in [2.24, 2.45) is 5.92 Å². The molecule has 4 heteroatoms. The predicted molar refractivity (Wildman–Crippen MR) is 55.1 cm³/mol. The molecule has 0 amide bonds. The third kappa shape index (κ3) is 5.12. The third-order valence-corrected chi connectivity index (χ3v) is 2.63. The average Bonchev–Trinajstić information content (AvgIpc) is 2.94. The van der Waals surface area contributed by atoms with Crippen LogP contribution in [0.3, 0.4) is 0 Å². The average molecular weight is 213 g/mol. The van der Waals surface area contributed by atoms with Crippen LogP contribution in [0.4, 0.5) is 0 Å². The van der Waals surface area contributed by atoms with Crippen molar-refractivity contribution < 1.29 is 14.2 Å². The molecule has 0 aliphatic carbocycles. The Hall–Kier alpha value is -0.630. The summed E-state index contributed by atoms with van der Waals surface area (Å²) in [5.41, 5.74) is 0. The van der Waals surface area contributed by atoms with E-state index in [9.17, 15) is 0 Å². The molecule has 0 aromatic rings. The van der Waals surface area contributed by atoms with E-state index in [2.05, 4.69) is 13.0 Å². The fraction of sp³-hybridized carbons (Fsp3) is 0.909. The van der Waals surface area contributed by atoms with Gasteiger partial charge < -0.3 is 14.2 Å². The van der Waals surface area contributed by atoms with Gasteiger partial charge >= 0.3 is 0 Å². The fourth-order valence-corrected chi connectivity index (χ4v) is 1.54. The lowest BCUT2D eigenvalue weighted by molar-refractivity contribution is -0.0333. The van der Waals surface area contributed by atoms with Gasteiger partial charge in [0.25, 0.3) is 0 Å². The summed E-state index contributed by atoms with van der Waals surface area (Å²) >= 11 is 0. The molecule has 0 bridgehead atoms. The number of epoxide rings is 1. The highest BCUT2D eigenvalue weighted by atomic mass is 16.7. The summed E-state index contributed by atoms with van der Waals surface area (Å²) in [6.07, 6.45) is 3.46. The van der Waals surface area contributed by atoms with Gasteiger partial charge in [-0.05, 0) is 26.2 Å². The molecule has 15 heavy (non-hydrogen) atoms. The zero-order valence-electron chi connectivity index (χ0n) is 9.44. The van der Waals surface area contributed by atoms with Gasteiger partial charge in [-0.1, -0.05) is 0 Å². The Balaban J connectivity index is 2.00. The maximum Gasteiger partial charge on any atom is 0.146 e. The van der Waals surface area contributed by atoms with E-state index >= 15 is 0 Å². The Morgan fingerprint density at radius 2 is 2.20 bits per heavy atom. The molecule has 0 N–H and O–H groups in total. The van der Waals surface area contributed by atoms with Crippen LogP contribution in [-0.2, 0) is 14.2 Å². The van der Waals surface area contributed by atoms with Crippen LogP contribution in [0, 0.1) is 17.2 Å². The second-order valence-corrected chi connectivity index (χ2v) is 3.89. The van der Waals surface area contributed by atoms with E-state index in [0.29, 0.717) is 25.6 Å². The number of rotatable bonds is 8. The van der Waals surface area contributed by atoms with Gasteiger partial charge in [-0.25, -0.2) is 0 Å². The van der Waals surface area contributed by atoms with Crippen LogP contribution >= 0.6 is 0 Å². The van der Waals surface area contributed by atoms with Crippen LogP contribution < -0.4 is 0 Å². The van der Waals surface area contributed by atoms with Gasteiger partial charge in [0.15, 0.2) is 0 Å². The molecule has 1 aliphatic rings. The van der Waals surface area contributed by atoms with Crippen LogP contribution in [0.15, 0.2) is 0 Å². The van der Waals surface area contributed by atoms with E-state index in [1.807, 2.05) is 0 Å². The Kier molecular flexibility index (Phi) is 5.62. The lowest BCUT2D eigenvalue weighted by Gasteiger charge is -2.07. The van der Waals surface area contributed by atoms with E-state index in [-0.39, 0.29) is 5.92 Å². The number of nitrogens with zero attached hydrogens (tertiary/aromatic N) is 1. The quantitative estimate of drug-likeness (QED) is 0.350. The first kappa shape index (κ1) is 12.4. The summed E-state index contributed by atoms with van der Waals surface area (Å²) in [4.78, 5) is 0. The largest absolute Gasteiger partial charge is 0.370 e. The van der Waals surface area contributed by atoms with Crippen molar-refractivity contribution in [3.05, 3.63) is 0 Å². The molecule has 1 fully saturated rings. The normalized spacial score (nSPS) is 25.9. The Morgan fingerprint density at radius 1 is 1.47 bits per heavy atom. The summed E-state index contributed by atoms with van der Waals surface area (Å²) in [6, 6.07) is 2.30. The van der Waals surface area contributed by atoms with E-state index in [4.69, 9.17) is 19.5 Å². The molecule has 0 saturated carbocycles. The minimum Gasteiger partial charge on any atom is -0.370 e. The number of ether oxygens (including phenoxy) is 3. The lowest BCUT2D eigenvalue weighted by atomic mass is 10.00. The first-order chi connectivity index (χ1) is 7.27. The predicted octanol–water partition coefficient (Wildman–Crippen LogP) is 1.70. The molecule has 1 saturated heterocycles. The van der Waals surface area contributed by atoms with Gasteiger partial charge in [0.2, 0.25) is 0 Å². The molecule has 4 nitrogen and oxygen atoms in total. The molecule has 86 valence electrons. The molecule has 1 rings (SSSR count). The van der Waals surface area contributed by atoms with Gasteiger partial charge in [0.05, 0.1) is 24.9 Å². The second kappa shape index (κ2) is 6.78. The van der Waals surface area contributed by atoms with Crippen molar-refractivity contribution in [3.8, 4) is 6.07 Å². The smallest absolute Gasteiger partial charge is 0.146 e. The molecule has 0 radical (unpaired) electrons. The van der Waals surface area contributed by atoms with Crippen molar-refractivity contribution >= 4 is 0 Å². The van der Waals surface area contributed by atoms with Crippen molar-refractivity contribution in [1.82, 2.24) is 0 Å². The number of hydrogen-bond donors (Lipinski definition) is 0. The molecule has 0 aromatic heterocycles. The van der Waals surface area contributed by atoms with Crippen molar-refractivity contribution in [1.29, 1.82) is 5.26 Å². The zero-order valence-corrected chi connectivity index (χ0v) is 9.44. The molecule has 0 aromatic carbocycles. The summed E-state index contributed by atoms with van der Waals surface area (Å²) in [7, 11) is 1.59. The summed E-state index contributed by atoms with van der Waals surface area (Å²) < 4.78 is 15.2. The van der Waals surface area contributed by atoms with Gasteiger partial charge in [0, 0.05) is 13.0 Å². The zero-order chi connectivity index (χ0) is 11.1. The number of hydrogen-bond acceptors (Lipinski definition) is 4. The topological polar surface area (TPSA) is 54.8 Å². The molecule has 0 unspecified atom stereocenters. The summed E-state index contributed by atoms with van der Waals surface area (Å²) in [5, 5.41) is 8.90. The van der Waals surface area contributed by atoms with Gasteiger partial charge in [0.1, 0.15) is 6.79 Å². The van der Waals surface area contributed by atoms with Gasteiger partial charge in [-0.2, -0.15) is 5.26 Å². The maximum atomic E-state index is 8.90. The molecule has 1 heterocycles. The number of nitriles is 1. The first-order valence-corrected chi connectivity index (χ1v) is 5.39. The standard InChI is InChI=1S/C11H19NO3/c1-9-11(15-9)4-3-10(7-12)5-6-14-8-13-2/h9-11H,3-6,8H2,1-2H3/t9-,10-,11+/m0/s1. The second-order valence-electron chi connectivity index (χ2n) is 3.89. The Bertz CT molecular complexity index is 214. The van der Waals surface area contributed by atoms with Crippen molar-refractivity contribution in [3.63, 3.8) is 0 Å². The highest BCUT2D eigenvalue weighted by Gasteiger charge is 2.33. The fourth-order valence-electron chi connectivity index (χ4n) is 1.54. The molecular formula is C11H19NO3. The van der Waals surface area contributed by atoms with E-state index in [1.165, 1.54) is 0 Å². The maximum absolute atomic E-state index is 8.90. The van der Waals surface area contributed by atoms with Crippen LogP contribution in [-0.4, -0.2) is 32.7 Å². The van der Waals surface area contributed by atoms with Gasteiger partial charge in [-0.3, -0.25) is 0 Å². The summed E-state index contributed by atoms with van der Waals surface area (Å²) in [5.74, 6) is 0.0817. The SMILES string of the molecule is COCOCC[C@@H](C#N)CC[C@H]1O[C@H]1C. The van der Waals surface area contributed by atoms with Crippen LogP contribution in [0.1, 0.15) is 26.2 Å². The van der Waals surface area contributed by atoms with Gasteiger partial charge in [-0.15, -0.1) is 0 Å².